The van der Waals surface area contributed by atoms with Crippen molar-refractivity contribution < 1.29 is 23.2 Å². The van der Waals surface area contributed by atoms with Crippen molar-refractivity contribution in [1.82, 2.24) is 15.2 Å². The van der Waals surface area contributed by atoms with Gasteiger partial charge in [0.2, 0.25) is 11.8 Å². The number of rotatable bonds is 4. The molecule has 0 bridgehead atoms. The van der Waals surface area contributed by atoms with Gasteiger partial charge in [0.05, 0.1) is 12.0 Å². The molecule has 3 aromatic heterocycles. The van der Waals surface area contributed by atoms with Gasteiger partial charge in [-0.3, -0.25) is 24.7 Å². The lowest BCUT2D eigenvalue weighted by Crippen LogP contribution is -2.46. The average molecular weight is 441 g/mol. The summed E-state index contributed by atoms with van der Waals surface area (Å²) in [6.07, 6.45) is 3.78. The Morgan fingerprint density at radius 3 is 2.73 bits per heavy atom. The molecule has 1 atom stereocenters. The van der Waals surface area contributed by atoms with Crippen molar-refractivity contribution in [3.63, 3.8) is 0 Å². The van der Waals surface area contributed by atoms with Crippen LogP contribution in [0, 0.1) is 0 Å². The van der Waals surface area contributed by atoms with Crippen molar-refractivity contribution in [3.8, 4) is 0 Å². The third kappa shape index (κ3) is 2.63. The quantitative estimate of drug-likeness (QED) is 0.487. The molecular weight excluding hydrogens is 422 g/mol. The molecule has 0 unspecified atom stereocenters. The van der Waals surface area contributed by atoms with Crippen LogP contribution in [-0.2, 0) is 21.5 Å². The predicted molar refractivity (Wildman–Crippen MR) is 116 cm³/mol. The van der Waals surface area contributed by atoms with Crippen molar-refractivity contribution in [2.45, 2.75) is 37.1 Å². The third-order valence-electron chi connectivity index (χ3n) is 7.02. The van der Waals surface area contributed by atoms with E-state index in [0.29, 0.717) is 40.5 Å². The van der Waals surface area contributed by atoms with Gasteiger partial charge < -0.3 is 13.7 Å². The number of amides is 3. The summed E-state index contributed by atoms with van der Waals surface area (Å²) in [5.41, 5.74) is 2.05. The SMILES string of the molecule is O=C1C[C@@](CN2Cc3ccc4oc(C5CC5)cc4c3C2=O)(c2cc3ncccc3o2)C(=O)N1. The molecule has 8 nitrogen and oxygen atoms in total. The second-order valence-corrected chi connectivity index (χ2v) is 9.23. The minimum absolute atomic E-state index is 0.0345. The van der Waals surface area contributed by atoms with E-state index in [2.05, 4.69) is 10.3 Å². The van der Waals surface area contributed by atoms with Gasteiger partial charge in [0.15, 0.2) is 5.58 Å². The number of benzene rings is 1. The molecule has 0 radical (unpaired) electrons. The summed E-state index contributed by atoms with van der Waals surface area (Å²) in [5.74, 6) is 0.700. The van der Waals surface area contributed by atoms with E-state index in [9.17, 15) is 14.4 Å². The lowest BCUT2D eigenvalue weighted by atomic mass is 9.82. The zero-order chi connectivity index (χ0) is 22.3. The number of pyridine rings is 1. The molecule has 1 aliphatic carbocycles. The summed E-state index contributed by atoms with van der Waals surface area (Å²) in [6.45, 7) is 0.391. The number of hydrogen-bond donors (Lipinski definition) is 1. The Morgan fingerprint density at radius 2 is 1.97 bits per heavy atom. The van der Waals surface area contributed by atoms with E-state index in [0.717, 1.165) is 29.6 Å². The number of fused-ring (bicyclic) bond motifs is 4. The highest BCUT2D eigenvalue weighted by atomic mass is 16.3. The molecule has 0 spiro atoms. The summed E-state index contributed by atoms with van der Waals surface area (Å²) >= 11 is 0. The Bertz CT molecular complexity index is 1480. The second kappa shape index (κ2) is 6.31. The minimum atomic E-state index is -1.30. The lowest BCUT2D eigenvalue weighted by molar-refractivity contribution is -0.126. The molecule has 33 heavy (non-hydrogen) atoms. The van der Waals surface area contributed by atoms with Crippen molar-refractivity contribution in [2.24, 2.45) is 0 Å². The number of carbonyl (C=O) groups excluding carboxylic acids is 3. The van der Waals surface area contributed by atoms with Gasteiger partial charge in [-0.25, -0.2) is 0 Å². The smallest absolute Gasteiger partial charge is 0.255 e. The average Bonchev–Trinajstić information content (AvgIpc) is 3.14. The van der Waals surface area contributed by atoms with E-state index in [1.54, 1.807) is 29.3 Å². The molecule has 5 heterocycles. The van der Waals surface area contributed by atoms with Gasteiger partial charge in [-0.1, -0.05) is 6.07 Å². The molecule has 3 amide bonds. The highest BCUT2D eigenvalue weighted by Gasteiger charge is 2.53. The molecule has 7 rings (SSSR count). The van der Waals surface area contributed by atoms with E-state index in [-0.39, 0.29) is 24.8 Å². The molecule has 1 N–H and O–H groups in total. The maximum atomic E-state index is 13.6. The number of nitrogens with zero attached hydrogens (tertiary/aromatic N) is 2. The highest BCUT2D eigenvalue weighted by molar-refractivity contribution is 6.12. The number of aromatic nitrogens is 1. The maximum Gasteiger partial charge on any atom is 0.255 e. The van der Waals surface area contributed by atoms with Crippen LogP contribution < -0.4 is 5.32 Å². The van der Waals surface area contributed by atoms with Gasteiger partial charge >= 0.3 is 0 Å². The summed E-state index contributed by atoms with van der Waals surface area (Å²) in [6, 6.07) is 11.0. The first kappa shape index (κ1) is 18.6. The van der Waals surface area contributed by atoms with Gasteiger partial charge in [-0.2, -0.15) is 0 Å². The number of nitrogens with one attached hydrogen (secondary N) is 1. The molecule has 164 valence electrons. The van der Waals surface area contributed by atoms with Gasteiger partial charge in [-0.15, -0.1) is 0 Å². The fourth-order valence-electron chi connectivity index (χ4n) is 5.17. The van der Waals surface area contributed by atoms with Crippen LogP contribution in [0.15, 0.2) is 51.4 Å². The van der Waals surface area contributed by atoms with Gasteiger partial charge in [-0.05, 0) is 42.7 Å². The first-order chi connectivity index (χ1) is 16.0. The molecule has 4 aromatic rings. The van der Waals surface area contributed by atoms with E-state index in [1.807, 2.05) is 18.2 Å². The highest BCUT2D eigenvalue weighted by Crippen LogP contribution is 2.44. The van der Waals surface area contributed by atoms with Crippen LogP contribution in [0.1, 0.15) is 52.6 Å². The maximum absolute atomic E-state index is 13.6. The minimum Gasteiger partial charge on any atom is -0.461 e. The van der Waals surface area contributed by atoms with Gasteiger partial charge in [0.1, 0.15) is 28.0 Å². The Hall–Kier alpha value is -3.94. The lowest BCUT2D eigenvalue weighted by Gasteiger charge is -2.28. The van der Waals surface area contributed by atoms with Crippen LogP contribution in [0.2, 0.25) is 0 Å². The fourth-order valence-corrected chi connectivity index (χ4v) is 5.17. The van der Waals surface area contributed by atoms with Crippen LogP contribution in [0.25, 0.3) is 22.1 Å². The van der Waals surface area contributed by atoms with Crippen LogP contribution in [0.5, 0.6) is 0 Å². The first-order valence-corrected chi connectivity index (χ1v) is 11.1. The van der Waals surface area contributed by atoms with Crippen molar-refractivity contribution in [2.75, 3.05) is 6.54 Å². The normalized spacial score (nSPS) is 22.5. The van der Waals surface area contributed by atoms with Crippen LogP contribution in [-0.4, -0.2) is 34.2 Å². The molecule has 2 fully saturated rings. The summed E-state index contributed by atoms with van der Waals surface area (Å²) in [5, 5.41) is 3.22. The van der Waals surface area contributed by atoms with Crippen LogP contribution >= 0.6 is 0 Å². The molecule has 2 aliphatic heterocycles. The Kier molecular flexibility index (Phi) is 3.56. The zero-order valence-electron chi connectivity index (χ0n) is 17.6. The summed E-state index contributed by atoms with van der Waals surface area (Å²) in [7, 11) is 0. The van der Waals surface area contributed by atoms with Crippen LogP contribution in [0.4, 0.5) is 0 Å². The number of furan rings is 2. The van der Waals surface area contributed by atoms with Crippen molar-refractivity contribution in [1.29, 1.82) is 0 Å². The zero-order valence-corrected chi connectivity index (χ0v) is 17.6. The monoisotopic (exact) mass is 441 g/mol. The second-order valence-electron chi connectivity index (χ2n) is 9.23. The predicted octanol–water partition coefficient (Wildman–Crippen LogP) is 3.39. The van der Waals surface area contributed by atoms with E-state index < -0.39 is 11.3 Å². The molecule has 3 aliphatic rings. The number of hydrogen-bond acceptors (Lipinski definition) is 6. The Labute approximate surface area is 187 Å². The third-order valence-corrected chi connectivity index (χ3v) is 7.02. The first-order valence-electron chi connectivity index (χ1n) is 11.1. The molecule has 1 aromatic carbocycles. The van der Waals surface area contributed by atoms with Gasteiger partial charge in [0, 0.05) is 36.7 Å². The van der Waals surface area contributed by atoms with E-state index in [1.165, 1.54) is 0 Å². The Morgan fingerprint density at radius 1 is 1.09 bits per heavy atom. The Balaban J connectivity index is 1.29. The van der Waals surface area contributed by atoms with Crippen molar-refractivity contribution >= 4 is 39.8 Å². The van der Waals surface area contributed by atoms with E-state index >= 15 is 0 Å². The summed E-state index contributed by atoms with van der Waals surface area (Å²) in [4.78, 5) is 44.8. The van der Waals surface area contributed by atoms with Gasteiger partial charge in [0.25, 0.3) is 5.91 Å². The molecule has 1 saturated heterocycles. The number of carbonyl (C=O) groups is 3. The van der Waals surface area contributed by atoms with E-state index in [4.69, 9.17) is 8.83 Å². The number of imide groups is 1. The standard InChI is InChI=1S/C25H19N3O5/c29-21-10-25(24(31)27-21,20-9-16-18(33-20)2-1-7-26-16)12-28-11-14-5-6-17-15(22(14)23(28)30)8-19(32-17)13-3-4-13/h1-2,5-9,13H,3-4,10-12H2,(H,27,29,31)/t25-/m1/s1. The van der Waals surface area contributed by atoms with Crippen LogP contribution in [0.3, 0.4) is 0 Å². The largest absolute Gasteiger partial charge is 0.461 e. The summed E-state index contributed by atoms with van der Waals surface area (Å²) < 4.78 is 12.0. The fraction of sp³-hybridized carbons (Fsp3) is 0.280. The topological polar surface area (TPSA) is 106 Å². The molecule has 1 saturated carbocycles. The molecule has 8 heteroatoms. The van der Waals surface area contributed by atoms with Crippen molar-refractivity contribution in [3.05, 3.63) is 65.2 Å². The molecular formula is C25H19N3O5.